The molecule has 2 N–H and O–H groups in total. The molecule has 0 saturated carbocycles. The smallest absolute Gasteiger partial charge is 0.0259 e. The monoisotopic (exact) mass is 176 g/mol. The van der Waals surface area contributed by atoms with E-state index in [1.807, 2.05) is 0 Å². The summed E-state index contributed by atoms with van der Waals surface area (Å²) in [5, 5.41) is 3.35. The Kier molecular flexibility index (Phi) is 8.83. The van der Waals surface area contributed by atoms with Gasteiger partial charge >= 0.3 is 0 Å². The average Bonchev–Trinajstić information content (AvgIpc) is 2.02. The summed E-state index contributed by atoms with van der Waals surface area (Å²) in [5.41, 5.74) is 1.66. The summed E-state index contributed by atoms with van der Waals surface area (Å²) < 4.78 is 11.4. The van der Waals surface area contributed by atoms with Gasteiger partial charge in [0, 0.05) is 6.54 Å². The van der Waals surface area contributed by atoms with Crippen LogP contribution >= 0.6 is 0 Å². The van der Waals surface area contributed by atoms with E-state index in [1.54, 1.807) is 5.54 Å². The Balaban J connectivity index is 2.82. The highest BCUT2D eigenvalue weighted by Crippen LogP contribution is 1.93. The molecule has 2 nitrogen and oxygen atoms in total. The second kappa shape index (κ2) is 8.94. The van der Waals surface area contributed by atoms with Crippen molar-refractivity contribution in [2.45, 2.75) is 33.1 Å². The largest absolute Gasteiger partial charge is 0.316 e. The van der Waals surface area contributed by atoms with E-state index in [4.69, 9.17) is 0 Å². The first-order chi connectivity index (χ1) is 5.77. The molecule has 0 amide bonds. The van der Waals surface area contributed by atoms with Crippen LogP contribution in [0.3, 0.4) is 0 Å². The van der Waals surface area contributed by atoms with Gasteiger partial charge in [-0.05, 0) is 31.8 Å². The normalized spacial score (nSPS) is 11.0. The van der Waals surface area contributed by atoms with Crippen molar-refractivity contribution in [1.82, 2.24) is 10.9 Å². The first kappa shape index (κ1) is 11.8. The van der Waals surface area contributed by atoms with Crippen LogP contribution in [0.25, 0.3) is 0 Å². The second-order valence-corrected chi connectivity index (χ2v) is 3.54. The maximum atomic E-state index is 11.4. The zero-order valence-electron chi connectivity index (χ0n) is 8.20. The van der Waals surface area contributed by atoms with E-state index in [2.05, 4.69) is 19.2 Å². The first-order valence-electron chi connectivity index (χ1n) is 4.81. The maximum absolute atomic E-state index is 11.4. The van der Waals surface area contributed by atoms with Gasteiger partial charge in [0.25, 0.3) is 0 Å². The van der Waals surface area contributed by atoms with Crippen LogP contribution in [-0.2, 0) is 0 Å². The molecular weight excluding hydrogens is 155 g/mol. The fourth-order valence-electron chi connectivity index (χ4n) is 1.01. The van der Waals surface area contributed by atoms with Crippen molar-refractivity contribution < 1.29 is 4.48 Å². The maximum Gasteiger partial charge on any atom is 0.0259 e. The molecule has 0 radical (unpaired) electrons. The molecule has 0 aromatic heterocycles. The van der Waals surface area contributed by atoms with Crippen molar-refractivity contribution in [2.24, 2.45) is 5.92 Å². The van der Waals surface area contributed by atoms with Crippen LogP contribution < -0.4 is 10.9 Å². The molecule has 0 aliphatic heterocycles. The van der Waals surface area contributed by atoms with Crippen LogP contribution in [0.1, 0.15) is 33.1 Å². The topological polar surface area (TPSA) is 24.1 Å². The van der Waals surface area contributed by atoms with Crippen molar-refractivity contribution in [3.63, 3.8) is 0 Å². The number of rotatable bonds is 8. The molecule has 0 spiro atoms. The van der Waals surface area contributed by atoms with Gasteiger partial charge in [-0.15, -0.1) is 4.48 Å². The lowest BCUT2D eigenvalue weighted by Gasteiger charge is -2.06. The molecule has 0 fully saturated rings. The Morgan fingerprint density at radius 1 is 1.08 bits per heavy atom. The highest BCUT2D eigenvalue weighted by Gasteiger charge is 1.92. The molecule has 12 heavy (non-hydrogen) atoms. The molecule has 0 aromatic rings. The summed E-state index contributed by atoms with van der Waals surface area (Å²) in [7, 11) is 0. The SMILES string of the molecule is CC(C)CNCCCCCNF. The minimum atomic E-state index is 0.490. The van der Waals surface area contributed by atoms with Crippen molar-refractivity contribution in [2.75, 3.05) is 19.6 Å². The van der Waals surface area contributed by atoms with Gasteiger partial charge in [-0.1, -0.05) is 20.3 Å². The fraction of sp³-hybridized carbons (Fsp3) is 1.00. The van der Waals surface area contributed by atoms with Gasteiger partial charge in [-0.3, -0.25) is 0 Å². The highest BCUT2D eigenvalue weighted by atomic mass is 19.2. The van der Waals surface area contributed by atoms with Crippen LogP contribution in [0.4, 0.5) is 4.48 Å². The Morgan fingerprint density at radius 3 is 2.33 bits per heavy atom. The zero-order chi connectivity index (χ0) is 9.23. The molecule has 0 saturated heterocycles. The summed E-state index contributed by atoms with van der Waals surface area (Å²) in [6.45, 7) is 7.02. The molecular formula is C9H21FN2. The molecule has 74 valence electrons. The summed E-state index contributed by atoms with van der Waals surface area (Å²) in [6.07, 6.45) is 3.18. The van der Waals surface area contributed by atoms with Gasteiger partial charge in [-0.2, -0.15) is 5.54 Å². The summed E-state index contributed by atoms with van der Waals surface area (Å²) in [5.74, 6) is 0.720. The Hall–Kier alpha value is -0.150. The molecule has 0 aliphatic rings. The molecule has 3 heteroatoms. The van der Waals surface area contributed by atoms with Gasteiger partial charge in [0.05, 0.1) is 0 Å². The van der Waals surface area contributed by atoms with E-state index in [1.165, 1.54) is 0 Å². The van der Waals surface area contributed by atoms with E-state index in [0.29, 0.717) is 6.54 Å². The van der Waals surface area contributed by atoms with Gasteiger partial charge < -0.3 is 5.32 Å². The van der Waals surface area contributed by atoms with Crippen LogP contribution in [0.2, 0.25) is 0 Å². The summed E-state index contributed by atoms with van der Waals surface area (Å²) in [6, 6.07) is 0. The van der Waals surface area contributed by atoms with Gasteiger partial charge in [0.15, 0.2) is 0 Å². The lowest BCUT2D eigenvalue weighted by atomic mass is 10.2. The van der Waals surface area contributed by atoms with Gasteiger partial charge in [-0.25, -0.2) is 0 Å². The molecule has 0 unspecified atom stereocenters. The van der Waals surface area contributed by atoms with E-state index in [0.717, 1.165) is 38.3 Å². The predicted molar refractivity (Wildman–Crippen MR) is 50.7 cm³/mol. The number of nitrogens with one attached hydrogen (secondary N) is 2. The van der Waals surface area contributed by atoms with E-state index in [-0.39, 0.29) is 0 Å². The third kappa shape index (κ3) is 9.85. The average molecular weight is 176 g/mol. The quantitative estimate of drug-likeness (QED) is 0.436. The van der Waals surface area contributed by atoms with Crippen molar-refractivity contribution in [1.29, 1.82) is 0 Å². The lowest BCUT2D eigenvalue weighted by Crippen LogP contribution is -2.20. The predicted octanol–water partition coefficient (Wildman–Crippen LogP) is 1.88. The summed E-state index contributed by atoms with van der Waals surface area (Å²) in [4.78, 5) is 0. The minimum Gasteiger partial charge on any atom is -0.316 e. The molecule has 0 atom stereocenters. The van der Waals surface area contributed by atoms with Crippen molar-refractivity contribution >= 4 is 0 Å². The van der Waals surface area contributed by atoms with Crippen LogP contribution in [-0.4, -0.2) is 19.6 Å². The number of hydrogen-bond acceptors (Lipinski definition) is 2. The summed E-state index contributed by atoms with van der Waals surface area (Å²) >= 11 is 0. The second-order valence-electron chi connectivity index (χ2n) is 3.54. The molecule has 0 heterocycles. The van der Waals surface area contributed by atoms with Crippen LogP contribution in [0, 0.1) is 5.92 Å². The first-order valence-corrected chi connectivity index (χ1v) is 4.81. The standard InChI is InChI=1S/C9H21FN2/c1-9(2)8-11-6-4-3-5-7-12-10/h9,11-12H,3-8H2,1-2H3. The minimum absolute atomic E-state index is 0.490. The highest BCUT2D eigenvalue weighted by molar-refractivity contribution is 4.51. The van der Waals surface area contributed by atoms with E-state index in [9.17, 15) is 4.48 Å². The number of hydrogen-bond donors (Lipinski definition) is 2. The Labute approximate surface area is 74.9 Å². The molecule has 0 rings (SSSR count). The molecule has 0 aromatic carbocycles. The zero-order valence-corrected chi connectivity index (χ0v) is 8.20. The number of unbranched alkanes of at least 4 members (excludes halogenated alkanes) is 2. The fourth-order valence-corrected chi connectivity index (χ4v) is 1.01. The van der Waals surface area contributed by atoms with E-state index >= 15 is 0 Å². The van der Waals surface area contributed by atoms with Crippen LogP contribution in [0.15, 0.2) is 0 Å². The van der Waals surface area contributed by atoms with E-state index < -0.39 is 0 Å². The van der Waals surface area contributed by atoms with Crippen molar-refractivity contribution in [3.05, 3.63) is 0 Å². The third-order valence-electron chi connectivity index (χ3n) is 1.68. The number of halogens is 1. The van der Waals surface area contributed by atoms with Gasteiger partial charge in [0.2, 0.25) is 0 Å². The van der Waals surface area contributed by atoms with Crippen LogP contribution in [0.5, 0.6) is 0 Å². The lowest BCUT2D eigenvalue weighted by molar-refractivity contribution is 0.328. The third-order valence-corrected chi connectivity index (χ3v) is 1.68. The molecule has 0 bridgehead atoms. The Bertz CT molecular complexity index is 86.6. The van der Waals surface area contributed by atoms with Gasteiger partial charge in [0.1, 0.15) is 0 Å². The van der Waals surface area contributed by atoms with Crippen molar-refractivity contribution in [3.8, 4) is 0 Å². The molecule has 0 aliphatic carbocycles. The Morgan fingerprint density at radius 2 is 1.75 bits per heavy atom.